The van der Waals surface area contributed by atoms with Crippen LogP contribution in [0, 0.1) is 5.92 Å². The molecular formula is C14H29N3O. The monoisotopic (exact) mass is 255 g/mol. The number of carbonyl (C=O) groups excluding carboxylic acids is 1. The first kappa shape index (κ1) is 15.4. The first-order valence-corrected chi connectivity index (χ1v) is 7.35. The lowest BCUT2D eigenvalue weighted by Crippen LogP contribution is -2.43. The minimum atomic E-state index is 0.286. The Morgan fingerprint density at radius 3 is 2.39 bits per heavy atom. The fourth-order valence-corrected chi connectivity index (χ4v) is 2.65. The molecule has 1 N–H and O–H groups in total. The van der Waals surface area contributed by atoms with Crippen molar-refractivity contribution in [1.82, 2.24) is 15.1 Å². The molecule has 0 radical (unpaired) electrons. The molecule has 0 aromatic heterocycles. The third-order valence-corrected chi connectivity index (χ3v) is 3.98. The van der Waals surface area contributed by atoms with Gasteiger partial charge in [0.25, 0.3) is 0 Å². The van der Waals surface area contributed by atoms with Gasteiger partial charge >= 0.3 is 0 Å². The van der Waals surface area contributed by atoms with Crippen LogP contribution < -0.4 is 5.32 Å². The molecule has 0 aromatic rings. The first-order chi connectivity index (χ1) is 8.71. The van der Waals surface area contributed by atoms with Gasteiger partial charge in [-0.2, -0.15) is 0 Å². The Balaban J connectivity index is 2.24. The number of amides is 1. The third kappa shape index (κ3) is 4.94. The van der Waals surface area contributed by atoms with Crippen molar-refractivity contribution in [2.45, 2.75) is 33.1 Å². The van der Waals surface area contributed by atoms with E-state index in [0.29, 0.717) is 6.54 Å². The Kier molecular flexibility index (Phi) is 7.28. The van der Waals surface area contributed by atoms with E-state index >= 15 is 0 Å². The molecule has 106 valence electrons. The molecule has 1 aliphatic rings. The highest BCUT2D eigenvalue weighted by Gasteiger charge is 2.21. The van der Waals surface area contributed by atoms with Gasteiger partial charge in [-0.1, -0.05) is 0 Å². The van der Waals surface area contributed by atoms with Gasteiger partial charge in [0.2, 0.25) is 5.91 Å². The highest BCUT2D eigenvalue weighted by atomic mass is 16.2. The Morgan fingerprint density at radius 2 is 1.89 bits per heavy atom. The van der Waals surface area contributed by atoms with Gasteiger partial charge in [0.15, 0.2) is 0 Å². The van der Waals surface area contributed by atoms with Crippen molar-refractivity contribution in [3.63, 3.8) is 0 Å². The third-order valence-electron chi connectivity index (χ3n) is 3.98. The first-order valence-electron chi connectivity index (χ1n) is 7.35. The summed E-state index contributed by atoms with van der Waals surface area (Å²) in [6.45, 7) is 9.64. The van der Waals surface area contributed by atoms with E-state index in [1.807, 2.05) is 25.8 Å². The SMILES string of the molecule is CCN(CC)C(=O)CN1CCC(CCNC)CC1. The molecule has 1 fully saturated rings. The largest absolute Gasteiger partial charge is 0.342 e. The second-order valence-electron chi connectivity index (χ2n) is 5.18. The maximum atomic E-state index is 12.0. The summed E-state index contributed by atoms with van der Waals surface area (Å²) in [4.78, 5) is 16.2. The maximum absolute atomic E-state index is 12.0. The number of piperidine rings is 1. The smallest absolute Gasteiger partial charge is 0.236 e. The van der Waals surface area contributed by atoms with Gasteiger partial charge in [-0.25, -0.2) is 0 Å². The topological polar surface area (TPSA) is 35.6 Å². The molecule has 0 unspecified atom stereocenters. The molecule has 1 heterocycles. The molecule has 0 spiro atoms. The summed E-state index contributed by atoms with van der Waals surface area (Å²) < 4.78 is 0. The minimum absolute atomic E-state index is 0.286. The summed E-state index contributed by atoms with van der Waals surface area (Å²) in [5.41, 5.74) is 0. The van der Waals surface area contributed by atoms with E-state index in [-0.39, 0.29) is 5.91 Å². The van der Waals surface area contributed by atoms with Crippen molar-refractivity contribution >= 4 is 5.91 Å². The van der Waals surface area contributed by atoms with E-state index in [9.17, 15) is 4.79 Å². The van der Waals surface area contributed by atoms with Gasteiger partial charge in [-0.3, -0.25) is 9.69 Å². The zero-order chi connectivity index (χ0) is 13.4. The standard InChI is InChI=1S/C14H29N3O/c1-4-17(5-2)14(18)12-16-10-7-13(8-11-16)6-9-15-3/h13,15H,4-12H2,1-3H3. The fraction of sp³-hybridized carbons (Fsp3) is 0.929. The average molecular weight is 255 g/mol. The van der Waals surface area contributed by atoms with E-state index in [0.717, 1.165) is 38.6 Å². The van der Waals surface area contributed by atoms with Gasteiger partial charge in [-0.05, 0) is 65.7 Å². The van der Waals surface area contributed by atoms with E-state index in [4.69, 9.17) is 0 Å². The highest BCUT2D eigenvalue weighted by molar-refractivity contribution is 5.78. The quantitative estimate of drug-likeness (QED) is 0.742. The Hall–Kier alpha value is -0.610. The number of carbonyl (C=O) groups is 1. The van der Waals surface area contributed by atoms with Crippen LogP contribution in [-0.4, -0.2) is 62.0 Å². The zero-order valence-electron chi connectivity index (χ0n) is 12.2. The summed E-state index contributed by atoms with van der Waals surface area (Å²) in [7, 11) is 2.01. The van der Waals surface area contributed by atoms with Crippen LogP contribution in [0.25, 0.3) is 0 Å². The van der Waals surface area contributed by atoms with Crippen LogP contribution in [0.4, 0.5) is 0 Å². The lowest BCUT2D eigenvalue weighted by molar-refractivity contribution is -0.132. The van der Waals surface area contributed by atoms with Crippen molar-refractivity contribution in [3.8, 4) is 0 Å². The molecular weight excluding hydrogens is 226 g/mol. The van der Waals surface area contributed by atoms with Crippen LogP contribution in [0.2, 0.25) is 0 Å². The second kappa shape index (κ2) is 8.48. The number of rotatable bonds is 7. The summed E-state index contributed by atoms with van der Waals surface area (Å²) in [6, 6.07) is 0. The van der Waals surface area contributed by atoms with Crippen molar-refractivity contribution in [1.29, 1.82) is 0 Å². The summed E-state index contributed by atoms with van der Waals surface area (Å²) >= 11 is 0. The minimum Gasteiger partial charge on any atom is -0.342 e. The number of nitrogens with one attached hydrogen (secondary N) is 1. The lowest BCUT2D eigenvalue weighted by Gasteiger charge is -2.32. The summed E-state index contributed by atoms with van der Waals surface area (Å²) in [5, 5.41) is 3.21. The number of likely N-dealkylation sites (tertiary alicyclic amines) is 1. The van der Waals surface area contributed by atoms with Crippen molar-refractivity contribution in [2.24, 2.45) is 5.92 Å². The summed E-state index contributed by atoms with van der Waals surface area (Å²) in [6.07, 6.45) is 3.76. The number of nitrogens with zero attached hydrogens (tertiary/aromatic N) is 2. The second-order valence-corrected chi connectivity index (χ2v) is 5.18. The zero-order valence-corrected chi connectivity index (χ0v) is 12.2. The number of hydrogen-bond donors (Lipinski definition) is 1. The molecule has 0 saturated carbocycles. The van der Waals surface area contributed by atoms with E-state index in [2.05, 4.69) is 10.2 Å². The van der Waals surface area contributed by atoms with Crippen LogP contribution in [0.3, 0.4) is 0 Å². The van der Waals surface area contributed by atoms with Crippen LogP contribution in [0.15, 0.2) is 0 Å². The average Bonchev–Trinajstić information content (AvgIpc) is 2.39. The van der Waals surface area contributed by atoms with E-state index < -0.39 is 0 Å². The van der Waals surface area contributed by atoms with Crippen LogP contribution in [0.1, 0.15) is 33.1 Å². The van der Waals surface area contributed by atoms with Gasteiger partial charge in [0.1, 0.15) is 0 Å². The molecule has 0 aliphatic carbocycles. The number of likely N-dealkylation sites (N-methyl/N-ethyl adjacent to an activating group) is 1. The van der Waals surface area contributed by atoms with E-state index in [1.54, 1.807) is 0 Å². The van der Waals surface area contributed by atoms with Crippen molar-refractivity contribution in [3.05, 3.63) is 0 Å². The molecule has 0 bridgehead atoms. The molecule has 1 saturated heterocycles. The van der Waals surface area contributed by atoms with Crippen molar-refractivity contribution in [2.75, 3.05) is 46.3 Å². The predicted molar refractivity (Wildman–Crippen MR) is 75.6 cm³/mol. The van der Waals surface area contributed by atoms with Gasteiger partial charge in [0.05, 0.1) is 6.54 Å². The number of hydrogen-bond acceptors (Lipinski definition) is 3. The molecule has 1 amide bonds. The van der Waals surface area contributed by atoms with Crippen molar-refractivity contribution < 1.29 is 4.79 Å². The molecule has 18 heavy (non-hydrogen) atoms. The van der Waals surface area contributed by atoms with Gasteiger partial charge in [-0.15, -0.1) is 0 Å². The van der Waals surface area contributed by atoms with Gasteiger partial charge < -0.3 is 10.2 Å². The lowest BCUT2D eigenvalue weighted by atomic mass is 9.93. The maximum Gasteiger partial charge on any atom is 0.236 e. The molecule has 4 nitrogen and oxygen atoms in total. The molecule has 0 aromatic carbocycles. The fourth-order valence-electron chi connectivity index (χ4n) is 2.65. The Bertz CT molecular complexity index is 233. The Morgan fingerprint density at radius 1 is 1.28 bits per heavy atom. The molecule has 1 aliphatic heterocycles. The highest BCUT2D eigenvalue weighted by Crippen LogP contribution is 2.19. The Labute approximate surface area is 112 Å². The van der Waals surface area contributed by atoms with Crippen LogP contribution in [0.5, 0.6) is 0 Å². The van der Waals surface area contributed by atoms with Crippen LogP contribution in [-0.2, 0) is 4.79 Å². The molecule has 0 atom stereocenters. The summed E-state index contributed by atoms with van der Waals surface area (Å²) in [5.74, 6) is 1.13. The predicted octanol–water partition coefficient (Wildman–Crippen LogP) is 1.18. The molecule has 4 heteroatoms. The van der Waals surface area contributed by atoms with E-state index in [1.165, 1.54) is 19.3 Å². The normalized spacial score (nSPS) is 17.9. The van der Waals surface area contributed by atoms with Crippen LogP contribution >= 0.6 is 0 Å². The van der Waals surface area contributed by atoms with Gasteiger partial charge in [0, 0.05) is 13.1 Å². The molecule has 1 rings (SSSR count).